The van der Waals surface area contributed by atoms with E-state index in [1.807, 2.05) is 22.6 Å². The van der Waals surface area contributed by atoms with Gasteiger partial charge in [0, 0.05) is 11.9 Å². The summed E-state index contributed by atoms with van der Waals surface area (Å²) >= 11 is 7.48. The van der Waals surface area contributed by atoms with E-state index in [2.05, 4.69) is 17.2 Å². The smallest absolute Gasteiger partial charge is 0.0974 e. The summed E-state index contributed by atoms with van der Waals surface area (Å²) in [7, 11) is 0. The van der Waals surface area contributed by atoms with E-state index in [-0.39, 0.29) is 0 Å². The van der Waals surface area contributed by atoms with E-state index in [0.717, 1.165) is 23.7 Å². The molecule has 0 amide bonds. The number of rotatable bonds is 5. The molecule has 0 aliphatic rings. The maximum Gasteiger partial charge on any atom is 0.0974 e. The predicted octanol–water partition coefficient (Wildman–Crippen LogP) is 1.77. The number of thioether (sulfide) groups is 1. The molecule has 1 aromatic heterocycles. The monoisotopic (exact) mass is 205 g/mol. The molecule has 0 radical (unpaired) electrons. The largest absolute Gasteiger partial charge is 0.251 e. The van der Waals surface area contributed by atoms with Crippen molar-refractivity contribution in [3.8, 4) is 0 Å². The molecule has 3 nitrogen and oxygen atoms in total. The summed E-state index contributed by atoms with van der Waals surface area (Å²) in [5.74, 6) is 2.68. The van der Waals surface area contributed by atoms with Crippen molar-refractivity contribution >= 4 is 23.4 Å². The van der Waals surface area contributed by atoms with Crippen molar-refractivity contribution in [2.24, 2.45) is 0 Å². The Kier molecular flexibility index (Phi) is 4.46. The van der Waals surface area contributed by atoms with Crippen LogP contribution < -0.4 is 0 Å². The van der Waals surface area contributed by atoms with Gasteiger partial charge in [-0.15, -0.1) is 16.7 Å². The molecule has 0 aliphatic carbocycles. The Hall–Kier alpha value is -0.220. The molecule has 0 aliphatic heterocycles. The second kappa shape index (κ2) is 5.43. The lowest BCUT2D eigenvalue weighted by molar-refractivity contribution is 0.632. The molecule has 0 saturated carbocycles. The van der Waals surface area contributed by atoms with Crippen LogP contribution in [0.2, 0.25) is 0 Å². The van der Waals surface area contributed by atoms with E-state index in [0.29, 0.717) is 5.88 Å². The molecule has 1 heterocycles. The summed E-state index contributed by atoms with van der Waals surface area (Å²) in [6.45, 7) is 3.07. The lowest BCUT2D eigenvalue weighted by atomic mass is 10.5. The van der Waals surface area contributed by atoms with Crippen molar-refractivity contribution in [1.29, 1.82) is 0 Å². The fourth-order valence-electron chi connectivity index (χ4n) is 0.811. The normalized spacial score (nSPS) is 10.5. The molecule has 1 rings (SSSR count). The van der Waals surface area contributed by atoms with Crippen LogP contribution in [0.5, 0.6) is 0 Å². The lowest BCUT2D eigenvalue weighted by Gasteiger charge is -1.96. The van der Waals surface area contributed by atoms with E-state index < -0.39 is 0 Å². The van der Waals surface area contributed by atoms with Crippen molar-refractivity contribution in [2.45, 2.75) is 19.3 Å². The van der Waals surface area contributed by atoms with Gasteiger partial charge in [0.25, 0.3) is 0 Å². The van der Waals surface area contributed by atoms with Gasteiger partial charge in [-0.1, -0.05) is 12.1 Å². The Bertz CT molecular complexity index is 226. The highest BCUT2D eigenvalue weighted by Gasteiger charge is 1.97. The number of aryl methyl sites for hydroxylation is 1. The molecule has 12 heavy (non-hydrogen) atoms. The van der Waals surface area contributed by atoms with E-state index in [4.69, 9.17) is 11.6 Å². The fraction of sp³-hybridized carbons (Fsp3) is 0.714. The molecule has 5 heteroatoms. The van der Waals surface area contributed by atoms with Crippen LogP contribution in [0.4, 0.5) is 0 Å². The van der Waals surface area contributed by atoms with Crippen LogP contribution in [0.1, 0.15) is 12.6 Å². The molecule has 0 spiro atoms. The third-order valence-corrected chi connectivity index (χ3v) is 2.55. The Balaban J connectivity index is 2.31. The zero-order valence-electron chi connectivity index (χ0n) is 7.03. The van der Waals surface area contributed by atoms with E-state index >= 15 is 0 Å². The molecule has 0 unspecified atom stereocenters. The SMILES string of the molecule is CCSCCn1cc(CCl)nn1. The van der Waals surface area contributed by atoms with Crippen LogP contribution in [-0.4, -0.2) is 26.5 Å². The minimum absolute atomic E-state index is 0.445. The maximum absolute atomic E-state index is 5.58. The predicted molar refractivity (Wildman–Crippen MR) is 52.6 cm³/mol. The second-order valence-corrected chi connectivity index (χ2v) is 3.96. The highest BCUT2D eigenvalue weighted by molar-refractivity contribution is 7.99. The Labute approximate surface area is 81.5 Å². The summed E-state index contributed by atoms with van der Waals surface area (Å²) in [6, 6.07) is 0. The first-order chi connectivity index (χ1) is 5.86. The molecule has 0 bridgehead atoms. The standard InChI is InChI=1S/C7H12ClN3S/c1-2-12-4-3-11-6-7(5-8)9-10-11/h6H,2-5H2,1H3. The fourth-order valence-corrected chi connectivity index (χ4v) is 1.54. The van der Waals surface area contributed by atoms with E-state index in [1.54, 1.807) is 0 Å². The zero-order valence-corrected chi connectivity index (χ0v) is 8.61. The van der Waals surface area contributed by atoms with Gasteiger partial charge in [0.05, 0.1) is 18.1 Å². The highest BCUT2D eigenvalue weighted by Crippen LogP contribution is 2.01. The first-order valence-corrected chi connectivity index (χ1v) is 5.58. The van der Waals surface area contributed by atoms with Crippen LogP contribution >= 0.6 is 23.4 Å². The molecule has 0 aromatic carbocycles. The molecule has 0 fully saturated rings. The van der Waals surface area contributed by atoms with Gasteiger partial charge in [0.15, 0.2) is 0 Å². The third kappa shape index (κ3) is 3.03. The number of alkyl halides is 1. The minimum atomic E-state index is 0.445. The molecular formula is C7H12ClN3S. The summed E-state index contributed by atoms with van der Waals surface area (Å²) in [5, 5.41) is 7.81. The van der Waals surface area contributed by atoms with Gasteiger partial charge in [0.1, 0.15) is 0 Å². The van der Waals surface area contributed by atoms with Gasteiger partial charge in [-0.3, -0.25) is 4.68 Å². The van der Waals surface area contributed by atoms with Crippen molar-refractivity contribution < 1.29 is 0 Å². The first-order valence-electron chi connectivity index (χ1n) is 3.89. The number of hydrogen-bond acceptors (Lipinski definition) is 3. The van der Waals surface area contributed by atoms with Crippen LogP contribution in [0.3, 0.4) is 0 Å². The average Bonchev–Trinajstić information content (AvgIpc) is 2.53. The van der Waals surface area contributed by atoms with Gasteiger partial charge < -0.3 is 0 Å². The minimum Gasteiger partial charge on any atom is -0.251 e. The van der Waals surface area contributed by atoms with Gasteiger partial charge in [-0.2, -0.15) is 11.8 Å². The summed E-state index contributed by atoms with van der Waals surface area (Å²) in [6.07, 6.45) is 1.89. The van der Waals surface area contributed by atoms with Gasteiger partial charge in [-0.25, -0.2) is 0 Å². The summed E-state index contributed by atoms with van der Waals surface area (Å²) in [5.41, 5.74) is 0.846. The maximum atomic E-state index is 5.58. The number of nitrogens with zero attached hydrogens (tertiary/aromatic N) is 3. The molecule has 0 atom stereocenters. The lowest BCUT2D eigenvalue weighted by Crippen LogP contribution is -2.01. The summed E-state index contributed by atoms with van der Waals surface area (Å²) in [4.78, 5) is 0. The molecule has 1 aromatic rings. The topological polar surface area (TPSA) is 30.7 Å². The Morgan fingerprint density at radius 1 is 1.67 bits per heavy atom. The van der Waals surface area contributed by atoms with Crippen molar-refractivity contribution in [3.05, 3.63) is 11.9 Å². The van der Waals surface area contributed by atoms with Crippen molar-refractivity contribution in [1.82, 2.24) is 15.0 Å². The molecule has 68 valence electrons. The van der Waals surface area contributed by atoms with Crippen LogP contribution in [-0.2, 0) is 12.4 Å². The van der Waals surface area contributed by atoms with Crippen LogP contribution in [0, 0.1) is 0 Å². The Morgan fingerprint density at radius 3 is 3.08 bits per heavy atom. The number of halogens is 1. The van der Waals surface area contributed by atoms with Crippen LogP contribution in [0.25, 0.3) is 0 Å². The second-order valence-electron chi connectivity index (χ2n) is 2.30. The highest BCUT2D eigenvalue weighted by atomic mass is 35.5. The molecule has 0 saturated heterocycles. The number of aromatic nitrogens is 3. The third-order valence-electron chi connectivity index (χ3n) is 1.39. The van der Waals surface area contributed by atoms with Crippen molar-refractivity contribution in [3.63, 3.8) is 0 Å². The quantitative estimate of drug-likeness (QED) is 0.542. The average molecular weight is 206 g/mol. The van der Waals surface area contributed by atoms with Crippen LogP contribution in [0.15, 0.2) is 6.20 Å². The van der Waals surface area contributed by atoms with E-state index in [9.17, 15) is 0 Å². The molecular weight excluding hydrogens is 194 g/mol. The van der Waals surface area contributed by atoms with Gasteiger partial charge in [0.2, 0.25) is 0 Å². The van der Waals surface area contributed by atoms with E-state index in [1.165, 1.54) is 0 Å². The Morgan fingerprint density at radius 2 is 2.50 bits per heavy atom. The first kappa shape index (κ1) is 9.86. The summed E-state index contributed by atoms with van der Waals surface area (Å²) < 4.78 is 1.83. The van der Waals surface area contributed by atoms with Gasteiger partial charge in [-0.05, 0) is 5.75 Å². The number of hydrogen-bond donors (Lipinski definition) is 0. The van der Waals surface area contributed by atoms with Crippen molar-refractivity contribution in [2.75, 3.05) is 11.5 Å². The zero-order chi connectivity index (χ0) is 8.81. The molecule has 0 N–H and O–H groups in total. The van der Waals surface area contributed by atoms with Gasteiger partial charge >= 0.3 is 0 Å².